The standard InChI is InChI=1S/C10H21N3O2S/c1-9-8-11-5-7-13(16(9,14)15)10-4-3-6-12(10)2/h9-11H,3-8H2,1-2H3. The monoisotopic (exact) mass is 247 g/mol. The van der Waals surface area contributed by atoms with Gasteiger partial charge in [-0.15, -0.1) is 0 Å². The molecule has 2 saturated heterocycles. The van der Waals surface area contributed by atoms with Gasteiger partial charge in [0.05, 0.1) is 11.4 Å². The van der Waals surface area contributed by atoms with Gasteiger partial charge in [-0.3, -0.25) is 4.90 Å². The van der Waals surface area contributed by atoms with Crippen LogP contribution in [0.2, 0.25) is 0 Å². The summed E-state index contributed by atoms with van der Waals surface area (Å²) in [5.74, 6) is 0. The average Bonchev–Trinajstić information content (AvgIpc) is 2.58. The highest BCUT2D eigenvalue weighted by Crippen LogP contribution is 2.24. The molecule has 1 N–H and O–H groups in total. The molecule has 2 rings (SSSR count). The predicted octanol–water partition coefficient (Wildman–Crippen LogP) is -0.338. The van der Waals surface area contributed by atoms with Crippen molar-refractivity contribution in [3.63, 3.8) is 0 Å². The summed E-state index contributed by atoms with van der Waals surface area (Å²) in [5.41, 5.74) is 0. The van der Waals surface area contributed by atoms with Gasteiger partial charge in [-0.25, -0.2) is 8.42 Å². The van der Waals surface area contributed by atoms with Crippen LogP contribution in [0.15, 0.2) is 0 Å². The summed E-state index contributed by atoms with van der Waals surface area (Å²) in [6.07, 6.45) is 2.13. The molecule has 0 bridgehead atoms. The van der Waals surface area contributed by atoms with Gasteiger partial charge in [0, 0.05) is 19.6 Å². The molecule has 2 fully saturated rings. The van der Waals surface area contributed by atoms with E-state index in [-0.39, 0.29) is 11.4 Å². The fraction of sp³-hybridized carbons (Fsp3) is 1.00. The first-order valence-electron chi connectivity index (χ1n) is 5.95. The molecule has 0 saturated carbocycles. The van der Waals surface area contributed by atoms with E-state index < -0.39 is 10.0 Å². The molecule has 94 valence electrons. The van der Waals surface area contributed by atoms with Gasteiger partial charge in [-0.05, 0) is 33.4 Å². The number of rotatable bonds is 1. The molecule has 2 unspecified atom stereocenters. The van der Waals surface area contributed by atoms with Crippen LogP contribution in [0.3, 0.4) is 0 Å². The molecule has 6 heteroatoms. The van der Waals surface area contributed by atoms with Crippen LogP contribution in [-0.2, 0) is 10.0 Å². The van der Waals surface area contributed by atoms with E-state index in [0.29, 0.717) is 13.1 Å². The van der Waals surface area contributed by atoms with Gasteiger partial charge < -0.3 is 5.32 Å². The third kappa shape index (κ3) is 2.11. The fourth-order valence-corrected chi connectivity index (χ4v) is 4.28. The maximum atomic E-state index is 12.3. The van der Waals surface area contributed by atoms with Gasteiger partial charge in [-0.1, -0.05) is 0 Å². The highest BCUT2D eigenvalue weighted by Gasteiger charge is 2.38. The molecular weight excluding hydrogens is 226 g/mol. The maximum absolute atomic E-state index is 12.3. The van der Waals surface area contributed by atoms with E-state index in [1.807, 2.05) is 7.05 Å². The zero-order chi connectivity index (χ0) is 11.8. The van der Waals surface area contributed by atoms with E-state index in [0.717, 1.165) is 25.9 Å². The second-order valence-corrected chi connectivity index (χ2v) is 7.08. The Labute approximate surface area is 97.8 Å². The first-order valence-corrected chi connectivity index (χ1v) is 7.45. The van der Waals surface area contributed by atoms with E-state index in [2.05, 4.69) is 10.2 Å². The molecule has 5 nitrogen and oxygen atoms in total. The summed E-state index contributed by atoms with van der Waals surface area (Å²) < 4.78 is 26.3. The Morgan fingerprint density at radius 1 is 1.31 bits per heavy atom. The zero-order valence-corrected chi connectivity index (χ0v) is 10.8. The minimum atomic E-state index is -3.13. The third-order valence-electron chi connectivity index (χ3n) is 3.59. The maximum Gasteiger partial charge on any atom is 0.219 e. The SMILES string of the molecule is CC1CNCCN(C2CCCN2C)S1(=O)=O. The van der Waals surface area contributed by atoms with Crippen molar-refractivity contribution < 1.29 is 8.42 Å². The molecule has 2 aliphatic rings. The van der Waals surface area contributed by atoms with Crippen molar-refractivity contribution in [3.05, 3.63) is 0 Å². The van der Waals surface area contributed by atoms with Crippen LogP contribution in [0.5, 0.6) is 0 Å². The molecule has 0 aromatic heterocycles. The lowest BCUT2D eigenvalue weighted by atomic mass is 10.3. The molecule has 0 aliphatic carbocycles. The largest absolute Gasteiger partial charge is 0.314 e. The number of likely N-dealkylation sites (tertiary alicyclic amines) is 1. The van der Waals surface area contributed by atoms with Crippen LogP contribution in [0, 0.1) is 0 Å². The Kier molecular flexibility index (Phi) is 3.53. The minimum Gasteiger partial charge on any atom is -0.314 e. The van der Waals surface area contributed by atoms with Crippen LogP contribution in [-0.4, -0.2) is 62.3 Å². The highest BCUT2D eigenvalue weighted by atomic mass is 32.2. The van der Waals surface area contributed by atoms with Crippen LogP contribution < -0.4 is 5.32 Å². The molecule has 0 radical (unpaired) electrons. The third-order valence-corrected chi connectivity index (χ3v) is 5.85. The molecule has 0 aromatic rings. The van der Waals surface area contributed by atoms with Gasteiger partial charge in [0.15, 0.2) is 0 Å². The second-order valence-electron chi connectivity index (χ2n) is 4.77. The van der Waals surface area contributed by atoms with Crippen molar-refractivity contribution in [2.75, 3.05) is 33.2 Å². The van der Waals surface area contributed by atoms with E-state index in [4.69, 9.17) is 0 Å². The number of nitrogens with zero attached hydrogens (tertiary/aromatic N) is 2. The molecule has 2 atom stereocenters. The van der Waals surface area contributed by atoms with Gasteiger partial charge in [0.25, 0.3) is 0 Å². The fourth-order valence-electron chi connectivity index (χ4n) is 2.53. The quantitative estimate of drug-likeness (QED) is 0.689. The molecular formula is C10H21N3O2S. The minimum absolute atomic E-state index is 0.0762. The van der Waals surface area contributed by atoms with Crippen LogP contribution in [0.1, 0.15) is 19.8 Å². The van der Waals surface area contributed by atoms with Crippen LogP contribution >= 0.6 is 0 Å². The van der Waals surface area contributed by atoms with Gasteiger partial charge in [0.2, 0.25) is 10.0 Å². The summed E-state index contributed by atoms with van der Waals surface area (Å²) in [5, 5.41) is 2.87. The van der Waals surface area contributed by atoms with Crippen molar-refractivity contribution in [1.29, 1.82) is 0 Å². The van der Waals surface area contributed by atoms with Crippen molar-refractivity contribution in [1.82, 2.24) is 14.5 Å². The molecule has 0 spiro atoms. The predicted molar refractivity (Wildman–Crippen MR) is 63.6 cm³/mol. The smallest absolute Gasteiger partial charge is 0.219 e. The molecule has 0 amide bonds. The van der Waals surface area contributed by atoms with E-state index in [1.54, 1.807) is 11.2 Å². The Bertz CT molecular complexity index is 344. The normalized spacial score (nSPS) is 37.4. The Morgan fingerprint density at radius 3 is 2.69 bits per heavy atom. The number of nitrogens with one attached hydrogen (secondary N) is 1. The lowest BCUT2D eigenvalue weighted by Gasteiger charge is -2.32. The topological polar surface area (TPSA) is 52.6 Å². The summed E-state index contributed by atoms with van der Waals surface area (Å²) in [6.45, 7) is 4.71. The number of hydrogen-bond acceptors (Lipinski definition) is 4. The summed E-state index contributed by atoms with van der Waals surface area (Å²) >= 11 is 0. The summed E-state index contributed by atoms with van der Waals surface area (Å²) in [7, 11) is -1.12. The Hall–Kier alpha value is -0.170. The van der Waals surface area contributed by atoms with Crippen LogP contribution in [0.25, 0.3) is 0 Å². The van der Waals surface area contributed by atoms with Gasteiger partial charge >= 0.3 is 0 Å². The first-order chi connectivity index (χ1) is 7.53. The highest BCUT2D eigenvalue weighted by molar-refractivity contribution is 7.89. The van der Waals surface area contributed by atoms with Gasteiger partial charge in [-0.2, -0.15) is 4.31 Å². The Balaban J connectivity index is 2.23. The van der Waals surface area contributed by atoms with Crippen molar-refractivity contribution in [3.8, 4) is 0 Å². The van der Waals surface area contributed by atoms with E-state index in [1.165, 1.54) is 0 Å². The lowest BCUT2D eigenvalue weighted by molar-refractivity contribution is 0.174. The molecule has 16 heavy (non-hydrogen) atoms. The van der Waals surface area contributed by atoms with Gasteiger partial charge in [0.1, 0.15) is 0 Å². The van der Waals surface area contributed by atoms with Crippen molar-refractivity contribution in [2.45, 2.75) is 31.2 Å². The van der Waals surface area contributed by atoms with Crippen LogP contribution in [0.4, 0.5) is 0 Å². The average molecular weight is 247 g/mol. The summed E-state index contributed by atoms with van der Waals surface area (Å²) in [4.78, 5) is 2.15. The van der Waals surface area contributed by atoms with E-state index in [9.17, 15) is 8.42 Å². The Morgan fingerprint density at radius 2 is 2.06 bits per heavy atom. The summed E-state index contributed by atoms with van der Waals surface area (Å²) in [6, 6.07) is 0. The number of hydrogen-bond donors (Lipinski definition) is 1. The van der Waals surface area contributed by atoms with Crippen molar-refractivity contribution in [2.24, 2.45) is 0 Å². The first kappa shape index (κ1) is 12.3. The van der Waals surface area contributed by atoms with E-state index >= 15 is 0 Å². The molecule has 2 heterocycles. The zero-order valence-electron chi connectivity index (χ0n) is 10.0. The second kappa shape index (κ2) is 4.60. The molecule has 0 aromatic carbocycles. The van der Waals surface area contributed by atoms with Crippen molar-refractivity contribution >= 4 is 10.0 Å². The lowest BCUT2D eigenvalue weighted by Crippen LogP contribution is -2.49. The molecule has 2 aliphatic heterocycles. The number of sulfonamides is 1.